The fourth-order valence-electron chi connectivity index (χ4n) is 1.67. The van der Waals surface area contributed by atoms with E-state index in [2.05, 4.69) is 4.99 Å². The van der Waals surface area contributed by atoms with Crippen molar-refractivity contribution in [2.45, 2.75) is 0 Å². The van der Waals surface area contributed by atoms with Crippen molar-refractivity contribution in [2.24, 2.45) is 4.99 Å². The highest BCUT2D eigenvalue weighted by Crippen LogP contribution is 2.10. The molecule has 0 radical (unpaired) electrons. The molecule has 84 valence electrons. The van der Waals surface area contributed by atoms with Gasteiger partial charge in [-0.15, -0.1) is 0 Å². The van der Waals surface area contributed by atoms with E-state index in [4.69, 9.17) is 0 Å². The topological polar surface area (TPSA) is 29.4 Å². The number of rotatable bonds is 4. The van der Waals surface area contributed by atoms with Gasteiger partial charge in [0.1, 0.15) is 6.29 Å². The summed E-state index contributed by atoms with van der Waals surface area (Å²) >= 11 is 0. The number of carbonyl (C=O) groups is 1. The second-order valence-electron chi connectivity index (χ2n) is 3.59. The van der Waals surface area contributed by atoms with Crippen molar-refractivity contribution in [3.8, 4) is 0 Å². The molecule has 2 aromatic carbocycles. The highest BCUT2D eigenvalue weighted by atomic mass is 16.1. The Balaban J connectivity index is 2.43. The van der Waals surface area contributed by atoms with Crippen molar-refractivity contribution in [2.75, 3.05) is 6.54 Å². The van der Waals surface area contributed by atoms with Crippen LogP contribution in [0.1, 0.15) is 11.1 Å². The van der Waals surface area contributed by atoms with Crippen LogP contribution < -0.4 is 0 Å². The van der Waals surface area contributed by atoms with Gasteiger partial charge in [-0.25, -0.2) is 0 Å². The van der Waals surface area contributed by atoms with Crippen LogP contribution in [0.5, 0.6) is 0 Å². The van der Waals surface area contributed by atoms with Crippen molar-refractivity contribution in [3.63, 3.8) is 0 Å². The Bertz CT molecular complexity index is 461. The molecule has 0 fully saturated rings. The average Bonchev–Trinajstić information content (AvgIpc) is 2.42. The van der Waals surface area contributed by atoms with Crippen LogP contribution in [0.15, 0.2) is 65.7 Å². The van der Waals surface area contributed by atoms with Gasteiger partial charge in [0, 0.05) is 11.1 Å². The standard InChI is InChI=1S/C15H13NO/c17-12-11-16-15(13-7-3-1-4-8-13)14-9-5-2-6-10-14/h1-10,12H,11H2. The number of aldehydes is 1. The third-order valence-electron chi connectivity index (χ3n) is 2.42. The van der Waals surface area contributed by atoms with Crippen LogP contribution in [-0.2, 0) is 4.79 Å². The maximum absolute atomic E-state index is 10.5. The molecular formula is C15H13NO. The summed E-state index contributed by atoms with van der Waals surface area (Å²) in [6.07, 6.45) is 0.811. The van der Waals surface area contributed by atoms with Gasteiger partial charge in [0.2, 0.25) is 0 Å². The zero-order chi connectivity index (χ0) is 11.9. The van der Waals surface area contributed by atoms with Gasteiger partial charge in [-0.05, 0) is 0 Å². The molecule has 2 heteroatoms. The molecule has 0 N–H and O–H groups in total. The Labute approximate surface area is 101 Å². The van der Waals surface area contributed by atoms with Gasteiger partial charge in [0.05, 0.1) is 12.3 Å². The predicted molar refractivity (Wildman–Crippen MR) is 69.5 cm³/mol. The van der Waals surface area contributed by atoms with E-state index in [-0.39, 0.29) is 6.54 Å². The molecule has 0 heterocycles. The highest BCUT2D eigenvalue weighted by molar-refractivity contribution is 6.13. The zero-order valence-electron chi connectivity index (χ0n) is 9.41. The number of nitrogens with zero attached hydrogens (tertiary/aromatic N) is 1. The third-order valence-corrected chi connectivity index (χ3v) is 2.42. The van der Waals surface area contributed by atoms with Crippen molar-refractivity contribution in [3.05, 3.63) is 71.8 Å². The summed E-state index contributed by atoms with van der Waals surface area (Å²) < 4.78 is 0. The summed E-state index contributed by atoms with van der Waals surface area (Å²) in [4.78, 5) is 14.8. The van der Waals surface area contributed by atoms with Crippen molar-refractivity contribution >= 4 is 12.0 Å². The lowest BCUT2D eigenvalue weighted by Gasteiger charge is -2.06. The first kappa shape index (κ1) is 11.3. The monoisotopic (exact) mass is 223 g/mol. The molecule has 17 heavy (non-hydrogen) atoms. The smallest absolute Gasteiger partial charge is 0.141 e. The van der Waals surface area contributed by atoms with E-state index in [0.717, 1.165) is 23.1 Å². The Morgan fingerprint density at radius 2 is 1.35 bits per heavy atom. The zero-order valence-corrected chi connectivity index (χ0v) is 9.41. The summed E-state index contributed by atoms with van der Waals surface area (Å²) in [6, 6.07) is 19.8. The van der Waals surface area contributed by atoms with Gasteiger partial charge in [0.25, 0.3) is 0 Å². The SMILES string of the molecule is O=CCN=C(c1ccccc1)c1ccccc1. The van der Waals surface area contributed by atoms with E-state index in [1.807, 2.05) is 60.7 Å². The predicted octanol–water partition coefficient (Wildman–Crippen LogP) is 2.72. The normalized spacial score (nSPS) is 9.65. The van der Waals surface area contributed by atoms with E-state index in [1.54, 1.807) is 0 Å². The minimum Gasteiger partial charge on any atom is -0.301 e. The Morgan fingerprint density at radius 3 is 1.76 bits per heavy atom. The molecule has 0 unspecified atom stereocenters. The van der Waals surface area contributed by atoms with Crippen LogP contribution in [0.4, 0.5) is 0 Å². The van der Waals surface area contributed by atoms with E-state index in [9.17, 15) is 4.79 Å². The molecule has 0 aliphatic heterocycles. The fraction of sp³-hybridized carbons (Fsp3) is 0.0667. The maximum atomic E-state index is 10.5. The molecule has 0 aromatic heterocycles. The molecule has 0 spiro atoms. The Hall–Kier alpha value is -2.22. The summed E-state index contributed by atoms with van der Waals surface area (Å²) in [6.45, 7) is 0.194. The highest BCUT2D eigenvalue weighted by Gasteiger charge is 2.04. The van der Waals surface area contributed by atoms with Crippen molar-refractivity contribution < 1.29 is 4.79 Å². The quantitative estimate of drug-likeness (QED) is 0.579. The van der Waals surface area contributed by atoms with Gasteiger partial charge in [-0.1, -0.05) is 60.7 Å². The average molecular weight is 223 g/mol. The maximum Gasteiger partial charge on any atom is 0.141 e. The van der Waals surface area contributed by atoms with Gasteiger partial charge in [-0.3, -0.25) is 4.99 Å². The van der Waals surface area contributed by atoms with Gasteiger partial charge in [-0.2, -0.15) is 0 Å². The number of benzene rings is 2. The first-order valence-electron chi connectivity index (χ1n) is 5.51. The second-order valence-corrected chi connectivity index (χ2v) is 3.59. The molecule has 0 saturated carbocycles. The van der Waals surface area contributed by atoms with Crippen molar-refractivity contribution in [1.82, 2.24) is 0 Å². The molecule has 0 saturated heterocycles. The van der Waals surface area contributed by atoms with Crippen molar-refractivity contribution in [1.29, 1.82) is 0 Å². The minimum absolute atomic E-state index is 0.194. The van der Waals surface area contributed by atoms with Crippen LogP contribution in [-0.4, -0.2) is 18.5 Å². The minimum atomic E-state index is 0.194. The Kier molecular flexibility index (Phi) is 3.81. The lowest BCUT2D eigenvalue weighted by atomic mass is 10.0. The molecule has 0 atom stereocenters. The molecule has 0 aliphatic carbocycles. The lowest BCUT2D eigenvalue weighted by Crippen LogP contribution is -2.04. The molecule has 2 aromatic rings. The fourth-order valence-corrected chi connectivity index (χ4v) is 1.67. The largest absolute Gasteiger partial charge is 0.301 e. The summed E-state index contributed by atoms with van der Waals surface area (Å²) in [5, 5.41) is 0. The molecule has 2 nitrogen and oxygen atoms in total. The molecule has 0 aliphatic rings. The van der Waals surface area contributed by atoms with Crippen LogP contribution in [0.25, 0.3) is 0 Å². The third kappa shape index (κ3) is 2.88. The van der Waals surface area contributed by atoms with Crippen LogP contribution >= 0.6 is 0 Å². The molecule has 2 rings (SSSR count). The summed E-state index contributed by atoms with van der Waals surface area (Å²) in [5.74, 6) is 0. The van der Waals surface area contributed by atoms with Crippen LogP contribution in [0.3, 0.4) is 0 Å². The van der Waals surface area contributed by atoms with E-state index >= 15 is 0 Å². The summed E-state index contributed by atoms with van der Waals surface area (Å²) in [5.41, 5.74) is 2.92. The van der Waals surface area contributed by atoms with Gasteiger partial charge < -0.3 is 4.79 Å². The second kappa shape index (κ2) is 5.75. The van der Waals surface area contributed by atoms with E-state index in [0.29, 0.717) is 0 Å². The molecule has 0 bridgehead atoms. The first-order chi connectivity index (χ1) is 8.42. The Morgan fingerprint density at radius 1 is 0.882 bits per heavy atom. The van der Waals surface area contributed by atoms with Gasteiger partial charge >= 0.3 is 0 Å². The first-order valence-corrected chi connectivity index (χ1v) is 5.51. The van der Waals surface area contributed by atoms with E-state index < -0.39 is 0 Å². The molecular weight excluding hydrogens is 210 g/mol. The molecule has 0 amide bonds. The lowest BCUT2D eigenvalue weighted by molar-refractivity contribution is -0.106. The van der Waals surface area contributed by atoms with Gasteiger partial charge in [0.15, 0.2) is 0 Å². The number of hydrogen-bond acceptors (Lipinski definition) is 2. The number of hydrogen-bond donors (Lipinski definition) is 0. The summed E-state index contributed by atoms with van der Waals surface area (Å²) in [7, 11) is 0. The van der Waals surface area contributed by atoms with Crippen LogP contribution in [0, 0.1) is 0 Å². The van der Waals surface area contributed by atoms with Crippen LogP contribution in [0.2, 0.25) is 0 Å². The number of carbonyl (C=O) groups excluding carboxylic acids is 1. The number of aliphatic imine (C=N–C) groups is 1. The van der Waals surface area contributed by atoms with E-state index in [1.165, 1.54) is 0 Å².